The van der Waals surface area contributed by atoms with Crippen LogP contribution in [-0.4, -0.2) is 24.0 Å². The first-order chi connectivity index (χ1) is 7.09. The number of rotatable bonds is 3. The van der Waals surface area contributed by atoms with E-state index in [9.17, 15) is 0 Å². The summed E-state index contributed by atoms with van der Waals surface area (Å²) in [4.78, 5) is 2.62. The van der Waals surface area contributed by atoms with E-state index in [0.29, 0.717) is 6.04 Å². The molecule has 88 valence electrons. The van der Waals surface area contributed by atoms with Crippen molar-refractivity contribution in [2.24, 2.45) is 5.92 Å². The number of hydrogen-bond acceptors (Lipinski definition) is 1. The van der Waals surface area contributed by atoms with Crippen LogP contribution in [0.3, 0.4) is 0 Å². The summed E-state index contributed by atoms with van der Waals surface area (Å²) in [6.45, 7) is 11.8. The second kappa shape index (κ2) is 6.32. The predicted octanol–water partition coefficient (Wildman–Crippen LogP) is 3.85. The van der Waals surface area contributed by atoms with Gasteiger partial charge < -0.3 is 4.90 Å². The highest BCUT2D eigenvalue weighted by Gasteiger charge is 2.12. The van der Waals surface area contributed by atoms with Crippen LogP contribution in [0.1, 0.15) is 53.4 Å². The summed E-state index contributed by atoms with van der Waals surface area (Å²) in [5.41, 5.74) is 1.69. The Morgan fingerprint density at radius 2 is 1.93 bits per heavy atom. The topological polar surface area (TPSA) is 3.24 Å². The lowest BCUT2D eigenvalue weighted by Gasteiger charge is -2.28. The molecule has 1 nitrogen and oxygen atoms in total. The third-order valence-corrected chi connectivity index (χ3v) is 3.20. The third kappa shape index (κ3) is 4.83. The van der Waals surface area contributed by atoms with Crippen molar-refractivity contribution in [1.29, 1.82) is 0 Å². The molecule has 0 aromatic carbocycles. The van der Waals surface area contributed by atoms with Crippen molar-refractivity contribution in [2.45, 2.75) is 59.4 Å². The Kier molecular flexibility index (Phi) is 5.38. The van der Waals surface area contributed by atoms with Crippen molar-refractivity contribution in [3.63, 3.8) is 0 Å². The van der Waals surface area contributed by atoms with Gasteiger partial charge in [-0.2, -0.15) is 0 Å². The molecular weight excluding hydrogens is 182 g/mol. The van der Waals surface area contributed by atoms with Crippen LogP contribution in [0, 0.1) is 5.92 Å². The summed E-state index contributed by atoms with van der Waals surface area (Å²) in [5, 5.41) is 0. The number of nitrogens with zero attached hydrogens (tertiary/aromatic N) is 1. The zero-order valence-corrected chi connectivity index (χ0v) is 10.9. The second-order valence-electron chi connectivity index (χ2n) is 5.48. The average Bonchev–Trinajstić information content (AvgIpc) is 2.08. The third-order valence-electron chi connectivity index (χ3n) is 3.20. The number of hydrogen-bond donors (Lipinski definition) is 0. The maximum Gasteiger partial charge on any atom is 0.00387 e. The van der Waals surface area contributed by atoms with Gasteiger partial charge in [0.2, 0.25) is 0 Å². The van der Waals surface area contributed by atoms with Crippen molar-refractivity contribution in [3.05, 3.63) is 11.6 Å². The van der Waals surface area contributed by atoms with E-state index in [4.69, 9.17) is 0 Å². The summed E-state index contributed by atoms with van der Waals surface area (Å²) in [6, 6.07) is 0.711. The van der Waals surface area contributed by atoms with Crippen molar-refractivity contribution < 1.29 is 0 Å². The Bertz CT molecular complexity index is 203. The fourth-order valence-electron chi connectivity index (χ4n) is 2.33. The Morgan fingerprint density at radius 1 is 1.20 bits per heavy atom. The SMILES string of the molecule is CC(C)C/C1=C\CCCN(C(C)C)CC1. The van der Waals surface area contributed by atoms with Gasteiger partial charge in [-0.25, -0.2) is 0 Å². The first-order valence-corrected chi connectivity index (χ1v) is 6.51. The predicted molar refractivity (Wildman–Crippen MR) is 68.1 cm³/mol. The van der Waals surface area contributed by atoms with Crippen LogP contribution in [0.2, 0.25) is 0 Å². The van der Waals surface area contributed by atoms with E-state index in [0.717, 1.165) is 5.92 Å². The van der Waals surface area contributed by atoms with Gasteiger partial charge >= 0.3 is 0 Å². The van der Waals surface area contributed by atoms with Crippen LogP contribution in [0.15, 0.2) is 11.6 Å². The van der Waals surface area contributed by atoms with Crippen LogP contribution in [0.25, 0.3) is 0 Å². The largest absolute Gasteiger partial charge is 0.301 e. The van der Waals surface area contributed by atoms with Crippen LogP contribution >= 0.6 is 0 Å². The van der Waals surface area contributed by atoms with Crippen LogP contribution in [0.5, 0.6) is 0 Å². The Hall–Kier alpha value is -0.300. The zero-order chi connectivity index (χ0) is 11.3. The van der Waals surface area contributed by atoms with E-state index < -0.39 is 0 Å². The molecule has 0 saturated heterocycles. The lowest BCUT2D eigenvalue weighted by Crippen LogP contribution is -2.33. The molecule has 0 amide bonds. The number of allylic oxidation sites excluding steroid dienone is 1. The highest BCUT2D eigenvalue weighted by atomic mass is 15.1. The van der Waals surface area contributed by atoms with Crippen molar-refractivity contribution in [3.8, 4) is 0 Å². The van der Waals surface area contributed by atoms with Gasteiger partial charge in [-0.05, 0) is 52.0 Å². The van der Waals surface area contributed by atoms with Gasteiger partial charge in [-0.1, -0.05) is 25.5 Å². The van der Waals surface area contributed by atoms with Crippen molar-refractivity contribution in [2.75, 3.05) is 13.1 Å². The molecule has 0 spiro atoms. The summed E-state index contributed by atoms with van der Waals surface area (Å²) in [7, 11) is 0. The van der Waals surface area contributed by atoms with E-state index in [2.05, 4.69) is 38.7 Å². The lowest BCUT2D eigenvalue weighted by atomic mass is 9.97. The molecule has 0 aromatic heterocycles. The van der Waals surface area contributed by atoms with Crippen LogP contribution in [0.4, 0.5) is 0 Å². The van der Waals surface area contributed by atoms with Gasteiger partial charge in [0.25, 0.3) is 0 Å². The average molecular weight is 209 g/mol. The highest BCUT2D eigenvalue weighted by Crippen LogP contribution is 2.19. The Balaban J connectivity index is 2.47. The molecule has 0 saturated carbocycles. The molecule has 0 N–H and O–H groups in total. The summed E-state index contributed by atoms with van der Waals surface area (Å²) < 4.78 is 0. The smallest absolute Gasteiger partial charge is 0.00387 e. The van der Waals surface area contributed by atoms with Crippen molar-refractivity contribution in [1.82, 2.24) is 4.90 Å². The first-order valence-electron chi connectivity index (χ1n) is 6.51. The molecule has 15 heavy (non-hydrogen) atoms. The fraction of sp³-hybridized carbons (Fsp3) is 0.857. The molecule has 1 heterocycles. The minimum absolute atomic E-state index is 0.711. The van der Waals surface area contributed by atoms with Crippen molar-refractivity contribution >= 4 is 0 Å². The van der Waals surface area contributed by atoms with E-state index >= 15 is 0 Å². The maximum absolute atomic E-state index is 2.62. The van der Waals surface area contributed by atoms with Crippen LogP contribution in [-0.2, 0) is 0 Å². The van der Waals surface area contributed by atoms with Gasteiger partial charge in [0.1, 0.15) is 0 Å². The van der Waals surface area contributed by atoms with Gasteiger partial charge in [-0.3, -0.25) is 0 Å². The molecule has 1 aliphatic rings. The van der Waals surface area contributed by atoms with Crippen LogP contribution < -0.4 is 0 Å². The monoisotopic (exact) mass is 209 g/mol. The minimum Gasteiger partial charge on any atom is -0.301 e. The van der Waals surface area contributed by atoms with E-state index in [1.54, 1.807) is 5.57 Å². The standard InChI is InChI=1S/C14H27N/c1-12(2)11-14-7-5-6-9-15(10-8-14)13(3)4/h7,12-13H,5-6,8-11H2,1-4H3/b14-7-. The zero-order valence-electron chi connectivity index (χ0n) is 10.9. The minimum atomic E-state index is 0.711. The quantitative estimate of drug-likeness (QED) is 0.638. The normalized spacial score (nSPS) is 23.7. The molecule has 0 bridgehead atoms. The van der Waals surface area contributed by atoms with Gasteiger partial charge in [-0.15, -0.1) is 0 Å². The molecule has 0 unspecified atom stereocenters. The molecule has 1 heteroatoms. The molecule has 0 aromatic rings. The summed E-state index contributed by atoms with van der Waals surface area (Å²) >= 11 is 0. The highest BCUT2D eigenvalue weighted by molar-refractivity contribution is 5.04. The Labute approximate surface area is 95.5 Å². The van der Waals surface area contributed by atoms with E-state index in [-0.39, 0.29) is 0 Å². The molecule has 0 radical (unpaired) electrons. The molecular formula is C14H27N. The van der Waals surface area contributed by atoms with Gasteiger partial charge in [0.05, 0.1) is 0 Å². The van der Waals surface area contributed by atoms with E-state index in [1.807, 2.05) is 0 Å². The van der Waals surface area contributed by atoms with Gasteiger partial charge in [0, 0.05) is 12.6 Å². The molecule has 1 rings (SSSR count). The lowest BCUT2D eigenvalue weighted by molar-refractivity contribution is 0.218. The summed E-state index contributed by atoms with van der Waals surface area (Å²) in [6.07, 6.45) is 7.70. The fourth-order valence-corrected chi connectivity index (χ4v) is 2.33. The Morgan fingerprint density at radius 3 is 2.53 bits per heavy atom. The van der Waals surface area contributed by atoms with Gasteiger partial charge in [0.15, 0.2) is 0 Å². The summed E-state index contributed by atoms with van der Waals surface area (Å²) in [5.74, 6) is 0.808. The molecule has 0 aliphatic carbocycles. The molecule has 0 fully saturated rings. The molecule has 1 aliphatic heterocycles. The second-order valence-corrected chi connectivity index (χ2v) is 5.48. The van der Waals surface area contributed by atoms with E-state index in [1.165, 1.54) is 38.8 Å². The maximum atomic E-state index is 2.62. The first kappa shape index (κ1) is 12.8. The molecule has 0 atom stereocenters.